The lowest BCUT2D eigenvalue weighted by Gasteiger charge is -2.33. The van der Waals surface area contributed by atoms with E-state index in [0.717, 1.165) is 10.7 Å². The van der Waals surface area contributed by atoms with Crippen molar-refractivity contribution in [2.75, 3.05) is 25.1 Å². The molecule has 2 heterocycles. The number of amidine groups is 1. The Labute approximate surface area is 222 Å². The molecule has 36 heavy (non-hydrogen) atoms. The van der Waals surface area contributed by atoms with Gasteiger partial charge in [0.15, 0.2) is 23.3 Å². The van der Waals surface area contributed by atoms with Crippen LogP contribution in [0.25, 0.3) is 0 Å². The molecule has 2 aliphatic rings. The van der Waals surface area contributed by atoms with Gasteiger partial charge in [-0.05, 0) is 71.9 Å². The number of benzene rings is 2. The monoisotopic (exact) mass is 571 g/mol. The summed E-state index contributed by atoms with van der Waals surface area (Å²) in [5.41, 5.74) is 2.53. The molecule has 2 aliphatic heterocycles. The number of carbonyl (C=O) groups is 2. The van der Waals surface area contributed by atoms with Crippen LogP contribution < -0.4 is 14.8 Å². The molecule has 0 unspecified atom stereocenters. The van der Waals surface area contributed by atoms with Gasteiger partial charge in [0.2, 0.25) is 0 Å². The number of para-hydroxylation sites is 1. The number of hydrogen-bond acceptors (Lipinski definition) is 8. The van der Waals surface area contributed by atoms with Crippen molar-refractivity contribution in [2.45, 2.75) is 26.8 Å². The molecule has 1 N–H and O–H groups in total. The summed E-state index contributed by atoms with van der Waals surface area (Å²) >= 11 is 5.07. The Morgan fingerprint density at radius 1 is 1.14 bits per heavy atom. The lowest BCUT2D eigenvalue weighted by molar-refractivity contribution is -0.139. The van der Waals surface area contributed by atoms with Crippen LogP contribution in [0.5, 0.6) is 11.5 Å². The third kappa shape index (κ3) is 5.60. The van der Waals surface area contributed by atoms with E-state index in [0.29, 0.717) is 39.5 Å². The minimum atomic E-state index is -0.464. The van der Waals surface area contributed by atoms with Crippen molar-refractivity contribution in [1.29, 1.82) is 0 Å². The maximum atomic E-state index is 13.0. The highest BCUT2D eigenvalue weighted by Gasteiger charge is 2.38. The van der Waals surface area contributed by atoms with Gasteiger partial charge in [-0.3, -0.25) is 4.79 Å². The van der Waals surface area contributed by atoms with E-state index in [9.17, 15) is 9.59 Å². The Hall–Kier alpha value is -3.24. The first-order chi connectivity index (χ1) is 17.4. The molecule has 0 radical (unpaired) electrons. The number of esters is 1. The zero-order chi connectivity index (χ0) is 25.7. The van der Waals surface area contributed by atoms with E-state index in [-0.39, 0.29) is 19.1 Å². The maximum Gasteiger partial charge on any atom is 0.338 e. The normalized spacial score (nSPS) is 16.4. The SMILES string of the molecule is CCOC(=O)C1=C(C)N=C2SC=CN2[C@@H]1c1cc(Br)c(OCC(=O)Nc2ccccc2)c(OCC)c1. The van der Waals surface area contributed by atoms with Crippen LogP contribution in [-0.2, 0) is 14.3 Å². The molecule has 0 bridgehead atoms. The van der Waals surface area contributed by atoms with Crippen LogP contribution in [0.4, 0.5) is 5.69 Å². The highest BCUT2D eigenvalue weighted by atomic mass is 79.9. The number of ether oxygens (including phenoxy) is 3. The number of allylic oxidation sites excluding steroid dienone is 1. The molecule has 188 valence electrons. The molecule has 1 atom stereocenters. The first kappa shape index (κ1) is 25.8. The van der Waals surface area contributed by atoms with Crippen molar-refractivity contribution >= 4 is 50.4 Å². The molecule has 0 aliphatic carbocycles. The Kier molecular flexibility index (Phi) is 8.37. The minimum absolute atomic E-state index is 0.203. The average Bonchev–Trinajstić information content (AvgIpc) is 3.31. The summed E-state index contributed by atoms with van der Waals surface area (Å²) in [6, 6.07) is 12.4. The molecule has 2 aromatic carbocycles. The maximum absolute atomic E-state index is 13.0. The Morgan fingerprint density at radius 3 is 2.64 bits per heavy atom. The molecular weight excluding hydrogens is 546 g/mol. The molecule has 0 saturated heterocycles. The van der Waals surface area contributed by atoms with Gasteiger partial charge in [0.05, 0.1) is 35.0 Å². The van der Waals surface area contributed by atoms with Crippen molar-refractivity contribution < 1.29 is 23.8 Å². The fraction of sp³-hybridized carbons (Fsp3) is 0.269. The summed E-state index contributed by atoms with van der Waals surface area (Å²) in [5.74, 6) is 0.142. The van der Waals surface area contributed by atoms with Gasteiger partial charge >= 0.3 is 5.97 Å². The second-order valence-corrected chi connectivity index (χ2v) is 9.52. The standard InChI is InChI=1S/C26H26BrN3O5S/c1-4-33-20-14-17(13-19(27)24(20)35-15-21(31)29-18-9-7-6-8-10-18)23-22(25(32)34-5-2)16(3)28-26-30(23)11-12-36-26/h6-14,23H,4-5,15H2,1-3H3,(H,29,31)/t23-/m1/s1. The molecule has 0 fully saturated rings. The number of fused-ring (bicyclic) bond motifs is 1. The molecule has 0 saturated carbocycles. The number of amides is 1. The average molecular weight is 572 g/mol. The lowest BCUT2D eigenvalue weighted by Crippen LogP contribution is -2.34. The van der Waals surface area contributed by atoms with E-state index < -0.39 is 12.0 Å². The van der Waals surface area contributed by atoms with Crippen LogP contribution >= 0.6 is 27.7 Å². The number of halogens is 1. The molecule has 0 spiro atoms. The van der Waals surface area contributed by atoms with Crippen molar-refractivity contribution in [3.05, 3.63) is 75.4 Å². The van der Waals surface area contributed by atoms with Gasteiger partial charge in [-0.15, -0.1) is 0 Å². The second-order valence-electron chi connectivity index (χ2n) is 7.79. The number of nitrogens with zero attached hydrogens (tertiary/aromatic N) is 2. The lowest BCUT2D eigenvalue weighted by atomic mass is 9.94. The van der Waals surface area contributed by atoms with E-state index in [1.54, 1.807) is 19.1 Å². The van der Waals surface area contributed by atoms with Gasteiger partial charge < -0.3 is 24.4 Å². The van der Waals surface area contributed by atoms with E-state index >= 15 is 0 Å². The number of carbonyl (C=O) groups excluding carboxylic acids is 2. The quantitative estimate of drug-likeness (QED) is 0.390. The fourth-order valence-electron chi connectivity index (χ4n) is 3.90. The van der Waals surface area contributed by atoms with E-state index in [2.05, 4.69) is 26.2 Å². The van der Waals surface area contributed by atoms with Crippen LogP contribution in [0, 0.1) is 0 Å². The molecule has 1 amide bonds. The van der Waals surface area contributed by atoms with Crippen LogP contribution in [0.15, 0.2) is 74.8 Å². The number of aliphatic imine (C=N–C) groups is 1. The smallest absolute Gasteiger partial charge is 0.338 e. The van der Waals surface area contributed by atoms with E-state index in [1.807, 2.05) is 60.7 Å². The largest absolute Gasteiger partial charge is 0.490 e. The van der Waals surface area contributed by atoms with Gasteiger partial charge in [-0.25, -0.2) is 9.79 Å². The van der Waals surface area contributed by atoms with Crippen LogP contribution in [0.1, 0.15) is 32.4 Å². The van der Waals surface area contributed by atoms with Gasteiger partial charge in [-0.2, -0.15) is 0 Å². The fourth-order valence-corrected chi connectivity index (χ4v) is 5.27. The van der Waals surface area contributed by atoms with Crippen molar-refractivity contribution in [3.63, 3.8) is 0 Å². The zero-order valence-corrected chi connectivity index (χ0v) is 22.5. The summed E-state index contributed by atoms with van der Waals surface area (Å²) in [6.45, 7) is 5.89. The molecular formula is C26H26BrN3O5S. The third-order valence-electron chi connectivity index (χ3n) is 5.37. The Balaban J connectivity index is 1.64. The minimum Gasteiger partial charge on any atom is -0.490 e. The summed E-state index contributed by atoms with van der Waals surface area (Å²) in [5, 5.41) is 5.50. The highest BCUT2D eigenvalue weighted by Crippen LogP contribution is 2.45. The van der Waals surface area contributed by atoms with Crippen LogP contribution in [0.3, 0.4) is 0 Å². The van der Waals surface area contributed by atoms with Gasteiger partial charge in [0, 0.05) is 11.9 Å². The first-order valence-electron chi connectivity index (χ1n) is 11.4. The summed E-state index contributed by atoms with van der Waals surface area (Å²) in [4.78, 5) is 31.9. The number of hydrogen-bond donors (Lipinski definition) is 1. The van der Waals surface area contributed by atoms with Crippen LogP contribution in [-0.4, -0.2) is 41.8 Å². The molecule has 10 heteroatoms. The van der Waals surface area contributed by atoms with Gasteiger partial charge in [0.1, 0.15) is 0 Å². The van der Waals surface area contributed by atoms with E-state index in [4.69, 9.17) is 14.2 Å². The van der Waals surface area contributed by atoms with E-state index in [1.165, 1.54) is 11.8 Å². The predicted molar refractivity (Wildman–Crippen MR) is 144 cm³/mol. The molecule has 4 rings (SSSR count). The first-order valence-corrected chi connectivity index (χ1v) is 13.1. The van der Waals surface area contributed by atoms with Crippen molar-refractivity contribution in [2.24, 2.45) is 4.99 Å². The molecule has 2 aromatic rings. The predicted octanol–water partition coefficient (Wildman–Crippen LogP) is 5.63. The summed E-state index contributed by atoms with van der Waals surface area (Å²) in [6.07, 6.45) is 1.90. The van der Waals surface area contributed by atoms with Gasteiger partial charge in [0.25, 0.3) is 5.91 Å². The summed E-state index contributed by atoms with van der Waals surface area (Å²) in [7, 11) is 0. The Bertz CT molecular complexity index is 1250. The molecule has 8 nitrogen and oxygen atoms in total. The zero-order valence-electron chi connectivity index (χ0n) is 20.1. The van der Waals surface area contributed by atoms with Crippen molar-refractivity contribution in [1.82, 2.24) is 4.90 Å². The van der Waals surface area contributed by atoms with Gasteiger partial charge in [-0.1, -0.05) is 30.0 Å². The number of rotatable bonds is 9. The number of anilines is 1. The topological polar surface area (TPSA) is 89.5 Å². The second kappa shape index (κ2) is 11.7. The molecule has 0 aromatic heterocycles. The third-order valence-corrected chi connectivity index (χ3v) is 6.73. The number of nitrogens with one attached hydrogen (secondary N) is 1. The number of thioether (sulfide) groups is 1. The van der Waals surface area contributed by atoms with Crippen LogP contribution in [0.2, 0.25) is 0 Å². The summed E-state index contributed by atoms with van der Waals surface area (Å²) < 4.78 is 17.7. The van der Waals surface area contributed by atoms with Crippen molar-refractivity contribution in [3.8, 4) is 11.5 Å². The Morgan fingerprint density at radius 2 is 1.92 bits per heavy atom. The highest BCUT2D eigenvalue weighted by molar-refractivity contribution is 9.10.